The van der Waals surface area contributed by atoms with Crippen LogP contribution in [-0.2, 0) is 14.3 Å². The van der Waals surface area contributed by atoms with Crippen LogP contribution in [0.1, 0.15) is 44.6 Å². The molecule has 0 radical (unpaired) electrons. The van der Waals surface area contributed by atoms with E-state index in [2.05, 4.69) is 5.32 Å². The zero-order chi connectivity index (χ0) is 19.6. The van der Waals surface area contributed by atoms with Crippen LogP contribution in [0.15, 0.2) is 47.0 Å². The summed E-state index contributed by atoms with van der Waals surface area (Å²) >= 11 is 0. The normalized spacial score (nSPS) is 23.0. The molecule has 1 fully saturated rings. The van der Waals surface area contributed by atoms with Crippen LogP contribution in [-0.4, -0.2) is 28.9 Å². The van der Waals surface area contributed by atoms with Crippen LogP contribution in [0.2, 0.25) is 0 Å². The van der Waals surface area contributed by atoms with Crippen molar-refractivity contribution in [1.82, 2.24) is 5.32 Å². The Bertz CT molecular complexity index is 823. The molecule has 0 spiro atoms. The largest absolute Gasteiger partial charge is 0.478 e. The number of ether oxygens (including phenoxy) is 2. The lowest BCUT2D eigenvalue weighted by atomic mass is 9.85. The first-order valence-corrected chi connectivity index (χ1v) is 8.83. The molecule has 1 aromatic rings. The van der Waals surface area contributed by atoms with Crippen LogP contribution in [0.3, 0.4) is 0 Å². The number of carboxylic acid groups (broad SMARTS) is 1. The van der Waals surface area contributed by atoms with E-state index in [-0.39, 0.29) is 11.3 Å². The van der Waals surface area contributed by atoms with Gasteiger partial charge >= 0.3 is 5.97 Å². The van der Waals surface area contributed by atoms with Gasteiger partial charge in [0.2, 0.25) is 0 Å². The fourth-order valence-corrected chi connectivity index (χ4v) is 3.50. The zero-order valence-corrected chi connectivity index (χ0v) is 15.2. The Hall–Kier alpha value is -2.87. The number of carbonyl (C=O) groups is 1. The summed E-state index contributed by atoms with van der Waals surface area (Å²) in [6.07, 6.45) is 2.18. The Morgan fingerprint density at radius 2 is 2.11 bits per heavy atom. The number of allylic oxidation sites excluding steroid dienone is 3. The molecule has 8 heteroatoms. The summed E-state index contributed by atoms with van der Waals surface area (Å²) in [5.74, 6) is -1.44. The van der Waals surface area contributed by atoms with Crippen LogP contribution >= 0.6 is 0 Å². The third-order valence-electron chi connectivity index (χ3n) is 4.74. The molecule has 0 amide bonds. The molecule has 1 saturated heterocycles. The lowest BCUT2D eigenvalue weighted by Gasteiger charge is -2.33. The van der Waals surface area contributed by atoms with Gasteiger partial charge in [0.25, 0.3) is 5.69 Å². The third kappa shape index (κ3) is 3.95. The van der Waals surface area contributed by atoms with Gasteiger partial charge in [-0.15, -0.1) is 0 Å². The SMILES string of the molecule is CC1=C(OC2CCCCO2)C(c2cccc([N+](=O)[O-])c2)C(C(=O)O)=C(C)N1. The predicted octanol–water partition coefficient (Wildman–Crippen LogP) is 3.41. The molecule has 2 aliphatic rings. The van der Waals surface area contributed by atoms with Gasteiger partial charge < -0.3 is 19.9 Å². The molecule has 0 aliphatic carbocycles. The zero-order valence-electron chi connectivity index (χ0n) is 15.2. The summed E-state index contributed by atoms with van der Waals surface area (Å²) in [5, 5.41) is 24.0. The molecule has 27 heavy (non-hydrogen) atoms. The summed E-state index contributed by atoms with van der Waals surface area (Å²) < 4.78 is 11.7. The molecule has 0 bridgehead atoms. The molecule has 3 rings (SSSR count). The van der Waals surface area contributed by atoms with Gasteiger partial charge in [-0.1, -0.05) is 12.1 Å². The number of non-ortho nitro benzene ring substituents is 1. The number of carboxylic acids is 1. The fraction of sp³-hybridized carbons (Fsp3) is 0.421. The van der Waals surface area contributed by atoms with E-state index in [9.17, 15) is 20.0 Å². The first kappa shape index (κ1) is 18.9. The molecule has 0 aromatic heterocycles. The van der Waals surface area contributed by atoms with Gasteiger partial charge in [-0.3, -0.25) is 10.1 Å². The molecule has 144 valence electrons. The van der Waals surface area contributed by atoms with Crippen LogP contribution in [0.4, 0.5) is 5.69 Å². The Kier molecular flexibility index (Phi) is 5.46. The number of benzene rings is 1. The average molecular weight is 374 g/mol. The second-order valence-corrected chi connectivity index (χ2v) is 6.66. The summed E-state index contributed by atoms with van der Waals surface area (Å²) in [6, 6.07) is 6.00. The molecule has 2 N–H and O–H groups in total. The van der Waals surface area contributed by atoms with Gasteiger partial charge in [-0.05, 0) is 32.3 Å². The topological polar surface area (TPSA) is 111 Å². The van der Waals surface area contributed by atoms with Crippen molar-refractivity contribution in [3.8, 4) is 0 Å². The number of nitrogens with one attached hydrogen (secondary N) is 1. The van der Waals surface area contributed by atoms with Crippen molar-refractivity contribution >= 4 is 11.7 Å². The number of nitro benzene ring substituents is 1. The molecule has 2 heterocycles. The van der Waals surface area contributed by atoms with Gasteiger partial charge in [-0.2, -0.15) is 0 Å². The lowest BCUT2D eigenvalue weighted by molar-refractivity contribution is -0.384. The van der Waals surface area contributed by atoms with E-state index in [1.807, 2.05) is 0 Å². The van der Waals surface area contributed by atoms with Gasteiger partial charge in [0.15, 0.2) is 6.29 Å². The monoisotopic (exact) mass is 374 g/mol. The van der Waals surface area contributed by atoms with E-state index < -0.39 is 23.1 Å². The molecule has 2 atom stereocenters. The highest BCUT2D eigenvalue weighted by Gasteiger charge is 2.36. The highest BCUT2D eigenvalue weighted by atomic mass is 16.7. The molecule has 8 nitrogen and oxygen atoms in total. The molecule has 0 saturated carbocycles. The highest BCUT2D eigenvalue weighted by Crippen LogP contribution is 2.40. The number of hydrogen-bond donors (Lipinski definition) is 2. The molecule has 2 unspecified atom stereocenters. The van der Waals surface area contributed by atoms with Gasteiger partial charge in [0.1, 0.15) is 5.76 Å². The standard InChI is InChI=1S/C19H22N2O6/c1-11-16(19(22)23)17(13-6-5-7-14(10-13)21(24)25)18(12(2)20-11)27-15-8-3-4-9-26-15/h5-7,10,15,17,20H,3-4,8-9H2,1-2H3,(H,22,23). The van der Waals surface area contributed by atoms with Gasteiger partial charge in [0.05, 0.1) is 28.7 Å². The van der Waals surface area contributed by atoms with Crippen LogP contribution in [0, 0.1) is 10.1 Å². The second kappa shape index (κ2) is 7.79. The first-order valence-electron chi connectivity index (χ1n) is 8.83. The van der Waals surface area contributed by atoms with Crippen LogP contribution in [0.5, 0.6) is 0 Å². The van der Waals surface area contributed by atoms with E-state index in [1.165, 1.54) is 12.1 Å². The van der Waals surface area contributed by atoms with Crippen molar-refractivity contribution in [2.75, 3.05) is 6.61 Å². The Morgan fingerprint density at radius 1 is 1.33 bits per heavy atom. The maximum Gasteiger partial charge on any atom is 0.334 e. The van der Waals surface area contributed by atoms with E-state index >= 15 is 0 Å². The number of nitro groups is 1. The highest BCUT2D eigenvalue weighted by molar-refractivity contribution is 5.90. The summed E-state index contributed by atoms with van der Waals surface area (Å²) in [4.78, 5) is 22.7. The number of aliphatic carboxylic acids is 1. The van der Waals surface area contributed by atoms with E-state index in [1.54, 1.807) is 26.0 Å². The minimum Gasteiger partial charge on any atom is -0.478 e. The van der Waals surface area contributed by atoms with Gasteiger partial charge in [-0.25, -0.2) is 4.79 Å². The quantitative estimate of drug-likeness (QED) is 0.600. The Balaban J connectivity index is 2.06. The fourth-order valence-electron chi connectivity index (χ4n) is 3.50. The number of rotatable bonds is 5. The Labute approximate surface area is 156 Å². The summed E-state index contributed by atoms with van der Waals surface area (Å²) in [7, 11) is 0. The van der Waals surface area contributed by atoms with E-state index in [0.717, 1.165) is 12.8 Å². The molecule has 1 aromatic carbocycles. The van der Waals surface area contributed by atoms with Crippen molar-refractivity contribution in [3.05, 3.63) is 62.7 Å². The maximum absolute atomic E-state index is 12.0. The first-order chi connectivity index (χ1) is 12.9. The van der Waals surface area contributed by atoms with Crippen LogP contribution < -0.4 is 5.32 Å². The van der Waals surface area contributed by atoms with Crippen molar-refractivity contribution in [2.45, 2.75) is 45.3 Å². The van der Waals surface area contributed by atoms with Crippen LogP contribution in [0.25, 0.3) is 0 Å². The molecular formula is C19H22N2O6. The minimum atomic E-state index is -1.10. The van der Waals surface area contributed by atoms with Crippen molar-refractivity contribution < 1.29 is 24.3 Å². The van der Waals surface area contributed by atoms with E-state index in [4.69, 9.17) is 9.47 Å². The number of dihydropyridines is 1. The average Bonchev–Trinajstić information content (AvgIpc) is 2.64. The van der Waals surface area contributed by atoms with Crippen molar-refractivity contribution in [2.24, 2.45) is 0 Å². The summed E-state index contributed by atoms with van der Waals surface area (Å²) in [5.41, 5.74) is 1.65. The minimum absolute atomic E-state index is 0.0978. The van der Waals surface area contributed by atoms with E-state index in [0.29, 0.717) is 35.7 Å². The smallest absolute Gasteiger partial charge is 0.334 e. The Morgan fingerprint density at radius 3 is 2.74 bits per heavy atom. The maximum atomic E-state index is 12.0. The van der Waals surface area contributed by atoms with Gasteiger partial charge in [0, 0.05) is 24.3 Å². The summed E-state index contributed by atoms with van der Waals surface area (Å²) in [6.45, 7) is 4.06. The predicted molar refractivity (Wildman–Crippen MR) is 96.7 cm³/mol. The second-order valence-electron chi connectivity index (χ2n) is 6.66. The lowest BCUT2D eigenvalue weighted by Crippen LogP contribution is -2.32. The number of hydrogen-bond acceptors (Lipinski definition) is 6. The number of nitrogens with zero attached hydrogens (tertiary/aromatic N) is 1. The van der Waals surface area contributed by atoms with Crippen molar-refractivity contribution in [3.63, 3.8) is 0 Å². The van der Waals surface area contributed by atoms with Crippen molar-refractivity contribution in [1.29, 1.82) is 0 Å². The third-order valence-corrected chi connectivity index (χ3v) is 4.74. The molecule has 2 aliphatic heterocycles. The molecular weight excluding hydrogens is 352 g/mol.